The number of benzene rings is 2. The lowest BCUT2D eigenvalue weighted by Gasteiger charge is -2.15. The highest BCUT2D eigenvalue weighted by Gasteiger charge is 2.10. The maximum absolute atomic E-state index is 9.47. The van der Waals surface area contributed by atoms with Gasteiger partial charge in [-0.25, -0.2) is 0 Å². The van der Waals surface area contributed by atoms with Gasteiger partial charge in [-0.1, -0.05) is 31.9 Å². The van der Waals surface area contributed by atoms with Gasteiger partial charge in [0.1, 0.15) is 18.1 Å². The Kier molecular flexibility index (Phi) is 5.67. The summed E-state index contributed by atoms with van der Waals surface area (Å²) in [7, 11) is 1.64. The molecule has 0 saturated carbocycles. The Morgan fingerprint density at radius 3 is 2.52 bits per heavy atom. The van der Waals surface area contributed by atoms with Crippen LogP contribution >= 0.6 is 31.9 Å². The van der Waals surface area contributed by atoms with Crippen molar-refractivity contribution in [1.82, 2.24) is 0 Å². The second-order valence-corrected chi connectivity index (χ2v) is 6.39. The second-order valence-electron chi connectivity index (χ2n) is 4.62. The second kappa shape index (κ2) is 7.29. The zero-order valence-corrected chi connectivity index (χ0v) is 15.0. The van der Waals surface area contributed by atoms with Crippen LogP contribution in [-0.2, 0) is 13.2 Å². The Balaban J connectivity index is 2.24. The molecule has 5 heteroatoms. The lowest BCUT2D eigenvalue weighted by Crippen LogP contribution is -2.02. The molecule has 112 valence electrons. The van der Waals surface area contributed by atoms with E-state index in [-0.39, 0.29) is 6.61 Å². The van der Waals surface area contributed by atoms with E-state index in [9.17, 15) is 5.11 Å². The van der Waals surface area contributed by atoms with Gasteiger partial charge >= 0.3 is 0 Å². The van der Waals surface area contributed by atoms with Crippen LogP contribution in [0.15, 0.2) is 39.3 Å². The van der Waals surface area contributed by atoms with Crippen molar-refractivity contribution in [3.63, 3.8) is 0 Å². The summed E-state index contributed by atoms with van der Waals surface area (Å²) >= 11 is 6.93. The average molecular weight is 416 g/mol. The van der Waals surface area contributed by atoms with Crippen molar-refractivity contribution in [3.05, 3.63) is 56.0 Å². The molecule has 3 nitrogen and oxygen atoms in total. The van der Waals surface area contributed by atoms with E-state index in [1.165, 1.54) is 0 Å². The highest BCUT2D eigenvalue weighted by Crippen LogP contribution is 2.30. The summed E-state index contributed by atoms with van der Waals surface area (Å²) < 4.78 is 13.0. The van der Waals surface area contributed by atoms with Crippen LogP contribution in [0.4, 0.5) is 0 Å². The van der Waals surface area contributed by atoms with E-state index >= 15 is 0 Å². The molecule has 0 saturated heterocycles. The van der Waals surface area contributed by atoms with E-state index in [1.807, 2.05) is 37.3 Å². The molecule has 0 aromatic heterocycles. The van der Waals surface area contributed by atoms with E-state index in [4.69, 9.17) is 9.47 Å². The Morgan fingerprint density at radius 2 is 1.86 bits per heavy atom. The fourth-order valence-corrected chi connectivity index (χ4v) is 3.04. The number of aryl methyl sites for hydroxylation is 1. The van der Waals surface area contributed by atoms with Gasteiger partial charge in [-0.3, -0.25) is 0 Å². The average Bonchev–Trinajstić information content (AvgIpc) is 2.47. The van der Waals surface area contributed by atoms with Crippen molar-refractivity contribution in [2.24, 2.45) is 0 Å². The van der Waals surface area contributed by atoms with E-state index in [0.29, 0.717) is 6.61 Å². The molecule has 0 spiro atoms. The minimum Gasteiger partial charge on any atom is -0.497 e. The van der Waals surface area contributed by atoms with Gasteiger partial charge in [0.15, 0.2) is 0 Å². The molecule has 0 bridgehead atoms. The van der Waals surface area contributed by atoms with Crippen LogP contribution in [0.25, 0.3) is 0 Å². The van der Waals surface area contributed by atoms with Crippen LogP contribution in [-0.4, -0.2) is 12.2 Å². The molecule has 0 aliphatic heterocycles. The van der Waals surface area contributed by atoms with Crippen molar-refractivity contribution < 1.29 is 14.6 Å². The first-order chi connectivity index (χ1) is 10.0. The molecule has 0 unspecified atom stereocenters. The van der Waals surface area contributed by atoms with Crippen LogP contribution in [0, 0.1) is 6.92 Å². The normalized spacial score (nSPS) is 10.5. The van der Waals surface area contributed by atoms with Crippen LogP contribution < -0.4 is 9.47 Å². The quantitative estimate of drug-likeness (QED) is 0.775. The first kappa shape index (κ1) is 16.3. The van der Waals surface area contributed by atoms with E-state index < -0.39 is 0 Å². The van der Waals surface area contributed by atoms with Crippen LogP contribution in [0.5, 0.6) is 11.5 Å². The molecule has 0 atom stereocenters. The molecule has 2 aromatic rings. The molecule has 0 radical (unpaired) electrons. The Labute approximate surface area is 141 Å². The summed E-state index contributed by atoms with van der Waals surface area (Å²) in [5.74, 6) is 1.50. The smallest absolute Gasteiger partial charge is 0.128 e. The van der Waals surface area contributed by atoms with Gasteiger partial charge in [-0.15, -0.1) is 0 Å². The monoisotopic (exact) mass is 414 g/mol. The predicted molar refractivity (Wildman–Crippen MR) is 89.8 cm³/mol. The lowest BCUT2D eigenvalue weighted by atomic mass is 10.1. The van der Waals surface area contributed by atoms with Crippen molar-refractivity contribution in [2.75, 3.05) is 7.11 Å². The molecular weight excluding hydrogens is 400 g/mol. The topological polar surface area (TPSA) is 38.7 Å². The highest BCUT2D eigenvalue weighted by molar-refractivity contribution is 9.10. The fourth-order valence-electron chi connectivity index (χ4n) is 2.06. The number of rotatable bonds is 5. The van der Waals surface area contributed by atoms with Gasteiger partial charge in [0.2, 0.25) is 0 Å². The Bertz CT molecular complexity index is 642. The summed E-state index contributed by atoms with van der Waals surface area (Å²) in [6.07, 6.45) is 0. The van der Waals surface area contributed by atoms with Gasteiger partial charge in [0.25, 0.3) is 0 Å². The Hall–Kier alpha value is -1.04. The summed E-state index contributed by atoms with van der Waals surface area (Å²) in [6, 6.07) is 9.57. The number of aliphatic hydroxyl groups is 1. The minimum atomic E-state index is -0.0606. The van der Waals surface area contributed by atoms with Gasteiger partial charge in [-0.2, -0.15) is 0 Å². The fraction of sp³-hybridized carbons (Fsp3) is 0.250. The molecule has 21 heavy (non-hydrogen) atoms. The molecule has 2 rings (SSSR count). The van der Waals surface area contributed by atoms with Gasteiger partial charge in [-0.05, 0) is 42.8 Å². The summed E-state index contributed by atoms with van der Waals surface area (Å²) in [4.78, 5) is 0. The molecule has 0 heterocycles. The molecule has 0 aliphatic carbocycles. The van der Waals surface area contributed by atoms with Gasteiger partial charge in [0.05, 0.1) is 13.7 Å². The zero-order chi connectivity index (χ0) is 15.4. The van der Waals surface area contributed by atoms with Gasteiger partial charge in [0, 0.05) is 20.1 Å². The summed E-state index contributed by atoms with van der Waals surface area (Å²) in [5.41, 5.74) is 2.73. The minimum absolute atomic E-state index is 0.0606. The van der Waals surface area contributed by atoms with Crippen LogP contribution in [0.3, 0.4) is 0 Å². The summed E-state index contributed by atoms with van der Waals surface area (Å²) in [6.45, 7) is 2.29. The number of methoxy groups -OCH3 is 1. The highest BCUT2D eigenvalue weighted by atomic mass is 79.9. The largest absolute Gasteiger partial charge is 0.497 e. The number of hydrogen-bond donors (Lipinski definition) is 1. The van der Waals surface area contributed by atoms with Gasteiger partial charge < -0.3 is 14.6 Å². The van der Waals surface area contributed by atoms with Crippen molar-refractivity contribution in [2.45, 2.75) is 20.1 Å². The number of halogens is 2. The SMILES string of the molecule is COc1ccc(Br)c(COc2c(C)cc(Br)cc2CO)c1. The standard InChI is InChI=1S/C16H16Br2O3/c1-10-5-13(17)6-11(8-19)16(10)21-9-12-7-14(20-2)3-4-15(12)18/h3-7,19H,8-9H2,1-2H3. The zero-order valence-electron chi connectivity index (χ0n) is 11.8. The third-order valence-corrected chi connectivity index (χ3v) is 4.34. The van der Waals surface area contributed by atoms with E-state index in [1.54, 1.807) is 7.11 Å². The number of ether oxygens (including phenoxy) is 2. The third-order valence-electron chi connectivity index (χ3n) is 3.11. The van der Waals surface area contributed by atoms with E-state index in [2.05, 4.69) is 31.9 Å². The van der Waals surface area contributed by atoms with E-state index in [0.717, 1.165) is 37.1 Å². The number of hydrogen-bond acceptors (Lipinski definition) is 3. The Morgan fingerprint density at radius 1 is 1.10 bits per heavy atom. The predicted octanol–water partition coefficient (Wildman–Crippen LogP) is 4.60. The molecule has 0 amide bonds. The van der Waals surface area contributed by atoms with Crippen LogP contribution in [0.1, 0.15) is 16.7 Å². The van der Waals surface area contributed by atoms with Crippen molar-refractivity contribution >= 4 is 31.9 Å². The third kappa shape index (κ3) is 3.99. The maximum atomic E-state index is 9.47. The molecular formula is C16H16Br2O3. The molecule has 1 N–H and O–H groups in total. The molecule has 0 aliphatic rings. The van der Waals surface area contributed by atoms with Crippen molar-refractivity contribution in [3.8, 4) is 11.5 Å². The number of aliphatic hydroxyl groups excluding tert-OH is 1. The van der Waals surface area contributed by atoms with Crippen molar-refractivity contribution in [1.29, 1.82) is 0 Å². The molecule has 2 aromatic carbocycles. The maximum Gasteiger partial charge on any atom is 0.128 e. The first-order valence-corrected chi connectivity index (χ1v) is 7.99. The molecule has 0 fully saturated rings. The first-order valence-electron chi connectivity index (χ1n) is 6.40. The summed E-state index contributed by atoms with van der Waals surface area (Å²) in [5, 5.41) is 9.47. The van der Waals surface area contributed by atoms with Crippen LogP contribution in [0.2, 0.25) is 0 Å². The lowest BCUT2D eigenvalue weighted by molar-refractivity contribution is 0.257.